The third-order valence-corrected chi connectivity index (χ3v) is 9.87. The lowest BCUT2D eigenvalue weighted by Crippen LogP contribution is -2.50. The summed E-state index contributed by atoms with van der Waals surface area (Å²) in [6.07, 6.45) is -0.847. The van der Waals surface area contributed by atoms with Crippen molar-refractivity contribution >= 4 is 21.6 Å². The quantitative estimate of drug-likeness (QED) is 0.218. The van der Waals surface area contributed by atoms with Crippen molar-refractivity contribution in [2.24, 2.45) is 5.92 Å². The summed E-state index contributed by atoms with van der Waals surface area (Å²) in [5.74, 6) is 0.446. The summed E-state index contributed by atoms with van der Waals surface area (Å²) >= 11 is 0. The molecule has 46 heavy (non-hydrogen) atoms. The van der Waals surface area contributed by atoms with E-state index < -0.39 is 38.9 Å². The van der Waals surface area contributed by atoms with Crippen molar-refractivity contribution in [3.8, 4) is 23.0 Å². The fourth-order valence-electron chi connectivity index (χ4n) is 5.37. The largest absolute Gasteiger partial charge is 0.497 e. The molecule has 0 aliphatic carbocycles. The summed E-state index contributed by atoms with van der Waals surface area (Å²) in [7, 11) is -1.02. The molecule has 0 N–H and O–H groups in total. The number of hydrogen-bond donors (Lipinski definition) is 0. The molecule has 5 rings (SSSR count). The van der Waals surface area contributed by atoms with Gasteiger partial charge in [0.25, 0.3) is 5.91 Å². The van der Waals surface area contributed by atoms with Gasteiger partial charge < -0.3 is 28.6 Å². The number of fused-ring (bicyclic) bond motifs is 2. The van der Waals surface area contributed by atoms with Crippen molar-refractivity contribution in [3.05, 3.63) is 81.9 Å². The number of ether oxygens (including phenoxy) is 5. The third-order valence-electron chi connectivity index (χ3n) is 8.05. The molecule has 0 bridgehead atoms. The summed E-state index contributed by atoms with van der Waals surface area (Å²) in [6, 6.07) is 15.6. The third kappa shape index (κ3) is 7.03. The van der Waals surface area contributed by atoms with Crippen molar-refractivity contribution in [3.63, 3.8) is 0 Å². The number of sulfonamides is 1. The fourth-order valence-corrected chi connectivity index (χ4v) is 6.56. The van der Waals surface area contributed by atoms with Gasteiger partial charge in [0.15, 0.2) is 11.5 Å². The number of amides is 1. The first-order chi connectivity index (χ1) is 22.0. The van der Waals surface area contributed by atoms with E-state index in [9.17, 15) is 23.3 Å². The first kappa shape index (κ1) is 33.0. The molecule has 2 aliphatic heterocycles. The highest BCUT2D eigenvalue weighted by molar-refractivity contribution is 7.89. The summed E-state index contributed by atoms with van der Waals surface area (Å²) in [5, 5.41) is 12.0. The van der Waals surface area contributed by atoms with Gasteiger partial charge in [-0.2, -0.15) is 4.31 Å². The van der Waals surface area contributed by atoms with Gasteiger partial charge in [0.1, 0.15) is 25.1 Å². The zero-order valence-electron chi connectivity index (χ0n) is 26.1. The van der Waals surface area contributed by atoms with Gasteiger partial charge in [0.2, 0.25) is 15.8 Å². The fraction of sp³-hybridized carbons (Fsp3) is 0.406. The molecule has 0 fully saturated rings. The Morgan fingerprint density at radius 3 is 2.50 bits per heavy atom. The molecule has 3 atom stereocenters. The van der Waals surface area contributed by atoms with E-state index in [2.05, 4.69) is 0 Å². The van der Waals surface area contributed by atoms with Gasteiger partial charge in [0.05, 0.1) is 48.3 Å². The average Bonchev–Trinajstić information content (AvgIpc) is 3.05. The van der Waals surface area contributed by atoms with Crippen molar-refractivity contribution < 1.29 is 41.8 Å². The number of likely N-dealkylation sites (N-methyl/N-ethyl adjacent to an activating group) is 1. The van der Waals surface area contributed by atoms with Crippen LogP contribution in [0.3, 0.4) is 0 Å². The molecule has 14 heteroatoms. The molecule has 1 amide bonds. The van der Waals surface area contributed by atoms with Crippen molar-refractivity contribution in [1.29, 1.82) is 0 Å². The highest BCUT2D eigenvalue weighted by Gasteiger charge is 2.38. The Morgan fingerprint density at radius 2 is 1.80 bits per heavy atom. The van der Waals surface area contributed by atoms with Crippen molar-refractivity contribution in [2.75, 3.05) is 47.1 Å². The number of methoxy groups -OCH3 is 1. The number of rotatable bonds is 11. The van der Waals surface area contributed by atoms with Crippen LogP contribution in [-0.4, -0.2) is 87.7 Å². The molecule has 3 aromatic rings. The smallest absolute Gasteiger partial charge is 0.311 e. The van der Waals surface area contributed by atoms with Gasteiger partial charge >= 0.3 is 5.69 Å². The zero-order chi connectivity index (χ0) is 33.0. The van der Waals surface area contributed by atoms with Crippen LogP contribution < -0.4 is 18.9 Å². The minimum Gasteiger partial charge on any atom is -0.497 e. The summed E-state index contributed by atoms with van der Waals surface area (Å²) in [6.45, 7) is 4.88. The Balaban J connectivity index is 1.39. The van der Waals surface area contributed by atoms with Gasteiger partial charge in [-0.3, -0.25) is 14.9 Å². The van der Waals surface area contributed by atoms with Gasteiger partial charge in [-0.15, -0.1) is 0 Å². The predicted molar refractivity (Wildman–Crippen MR) is 167 cm³/mol. The van der Waals surface area contributed by atoms with E-state index in [1.165, 1.54) is 37.4 Å². The topological polar surface area (TPSA) is 147 Å². The Kier molecular flexibility index (Phi) is 9.99. The maximum atomic E-state index is 13.9. The van der Waals surface area contributed by atoms with Crippen LogP contribution in [0.1, 0.15) is 29.8 Å². The molecular weight excluding hydrogens is 618 g/mol. The highest BCUT2D eigenvalue weighted by Crippen LogP contribution is 2.37. The number of nitro groups is 1. The van der Waals surface area contributed by atoms with E-state index in [0.717, 1.165) is 15.6 Å². The van der Waals surface area contributed by atoms with Crippen molar-refractivity contribution in [1.82, 2.24) is 9.21 Å². The van der Waals surface area contributed by atoms with E-state index >= 15 is 0 Å². The number of para-hydroxylation sites is 1. The Hall–Kier alpha value is -4.40. The zero-order valence-corrected chi connectivity index (χ0v) is 26.9. The molecule has 0 radical (unpaired) electrons. The van der Waals surface area contributed by atoms with Crippen LogP contribution in [0.2, 0.25) is 0 Å². The van der Waals surface area contributed by atoms with Gasteiger partial charge in [-0.05, 0) is 42.8 Å². The SMILES string of the molecule is COc1ccc(COC[C@H](C)N2C[C@@H](C)[C@H](CN(C)S(=O)(=O)c3ccc4c(c3)OCCO4)Oc3c(cccc3[N+](=O)[O-])C2=O)cc1. The molecule has 2 heterocycles. The predicted octanol–water partition coefficient (Wildman–Crippen LogP) is 4.14. The minimum atomic E-state index is -4.03. The van der Waals surface area contributed by atoms with E-state index in [4.69, 9.17) is 23.7 Å². The Labute approximate surface area is 267 Å². The second kappa shape index (κ2) is 13.9. The molecule has 0 saturated carbocycles. The van der Waals surface area contributed by atoms with Crippen LogP contribution in [0, 0.1) is 16.0 Å². The molecule has 0 spiro atoms. The van der Waals surface area contributed by atoms with E-state index in [1.54, 1.807) is 18.1 Å². The van der Waals surface area contributed by atoms with Crippen LogP contribution in [0.25, 0.3) is 0 Å². The van der Waals surface area contributed by atoms with Crippen LogP contribution >= 0.6 is 0 Å². The summed E-state index contributed by atoms with van der Waals surface area (Å²) in [4.78, 5) is 26.9. The first-order valence-corrected chi connectivity index (χ1v) is 16.2. The maximum absolute atomic E-state index is 13.9. The molecule has 0 saturated heterocycles. The second-order valence-electron chi connectivity index (χ2n) is 11.3. The number of nitrogens with zero attached hydrogens (tertiary/aromatic N) is 3. The normalized spacial score (nSPS) is 18.6. The molecule has 0 unspecified atom stereocenters. The number of carbonyl (C=O) groups excluding carboxylic acids is 1. The average molecular weight is 656 g/mol. The van der Waals surface area contributed by atoms with Gasteiger partial charge in [-0.1, -0.05) is 25.1 Å². The molecule has 246 valence electrons. The van der Waals surface area contributed by atoms with Gasteiger partial charge in [0, 0.05) is 31.6 Å². The van der Waals surface area contributed by atoms with E-state index in [0.29, 0.717) is 31.3 Å². The van der Waals surface area contributed by atoms with Gasteiger partial charge in [-0.25, -0.2) is 8.42 Å². The molecule has 3 aromatic carbocycles. The lowest BCUT2D eigenvalue weighted by atomic mass is 9.99. The number of benzene rings is 3. The van der Waals surface area contributed by atoms with Crippen molar-refractivity contribution in [2.45, 2.75) is 37.5 Å². The van der Waals surface area contributed by atoms with Crippen LogP contribution in [0.4, 0.5) is 5.69 Å². The van der Waals surface area contributed by atoms with Crippen LogP contribution in [-0.2, 0) is 21.4 Å². The Bertz CT molecular complexity index is 1680. The number of hydrogen-bond acceptors (Lipinski definition) is 10. The maximum Gasteiger partial charge on any atom is 0.311 e. The number of carbonyl (C=O) groups is 1. The second-order valence-corrected chi connectivity index (χ2v) is 13.4. The monoisotopic (exact) mass is 655 g/mol. The standard InChI is InChI=1S/C32H37N3O10S/c1-21-17-34(22(2)19-42-20-23-8-10-24(41-4)11-9-23)32(36)26-6-5-7-27(35(37)38)31(26)45-30(21)18-33(3)46(39,40)25-12-13-28-29(16-25)44-15-14-43-28/h5-13,16,21-22,30H,14-15,17-20H2,1-4H3/t21-,22+,30+/m1/s1. The number of nitro benzene ring substituents is 1. The lowest BCUT2D eigenvalue weighted by molar-refractivity contribution is -0.386. The first-order valence-electron chi connectivity index (χ1n) is 14.8. The molecule has 0 aromatic heterocycles. The Morgan fingerprint density at radius 1 is 1.09 bits per heavy atom. The lowest BCUT2D eigenvalue weighted by Gasteiger charge is -2.38. The van der Waals surface area contributed by atoms with E-state index in [1.807, 2.05) is 38.1 Å². The molecule has 2 aliphatic rings. The van der Waals surface area contributed by atoms with Crippen LogP contribution in [0.15, 0.2) is 65.6 Å². The minimum absolute atomic E-state index is 0.00330. The summed E-state index contributed by atoms with van der Waals surface area (Å²) < 4.78 is 56.9. The molecular formula is C32H37N3O10S. The highest BCUT2D eigenvalue weighted by atomic mass is 32.2. The molecule has 13 nitrogen and oxygen atoms in total. The van der Waals surface area contributed by atoms with E-state index in [-0.39, 0.29) is 41.6 Å². The summed E-state index contributed by atoms with van der Waals surface area (Å²) in [5.41, 5.74) is 0.563. The van der Waals surface area contributed by atoms with Crippen LogP contribution in [0.5, 0.6) is 23.0 Å².